The fourth-order valence-corrected chi connectivity index (χ4v) is 3.35. The summed E-state index contributed by atoms with van der Waals surface area (Å²) in [6.45, 7) is 3.88. The third-order valence-corrected chi connectivity index (χ3v) is 4.42. The highest BCUT2D eigenvalue weighted by Crippen LogP contribution is 2.32. The third-order valence-electron chi connectivity index (χ3n) is 4.42. The first-order chi connectivity index (χ1) is 10.2. The predicted molar refractivity (Wildman–Crippen MR) is 84.4 cm³/mol. The average Bonchev–Trinajstić information content (AvgIpc) is 2.50. The first-order valence-electron chi connectivity index (χ1n) is 7.55. The van der Waals surface area contributed by atoms with E-state index in [1.807, 2.05) is 24.3 Å². The van der Waals surface area contributed by atoms with Crippen LogP contribution < -0.4 is 5.73 Å². The van der Waals surface area contributed by atoms with Gasteiger partial charge in [-0.1, -0.05) is 37.3 Å². The lowest BCUT2D eigenvalue weighted by Crippen LogP contribution is -2.34. The highest BCUT2D eigenvalue weighted by atomic mass is 19.1. The number of halogens is 1. The molecule has 0 saturated carbocycles. The van der Waals surface area contributed by atoms with Crippen LogP contribution in [0.2, 0.25) is 0 Å². The highest BCUT2D eigenvalue weighted by molar-refractivity contribution is 5.52. The summed E-state index contributed by atoms with van der Waals surface area (Å²) in [5, 5.41) is 0. The molecule has 21 heavy (non-hydrogen) atoms. The summed E-state index contributed by atoms with van der Waals surface area (Å²) in [6.07, 6.45) is 1.84. The maximum Gasteiger partial charge on any atom is 0.127 e. The van der Waals surface area contributed by atoms with Crippen molar-refractivity contribution >= 4 is 5.69 Å². The Bertz CT molecular complexity index is 639. The lowest BCUT2D eigenvalue weighted by molar-refractivity contribution is 0.171. The molecule has 1 heterocycles. The van der Waals surface area contributed by atoms with Crippen LogP contribution in [0.5, 0.6) is 0 Å². The van der Waals surface area contributed by atoms with E-state index in [2.05, 4.69) is 17.9 Å². The molecule has 0 radical (unpaired) electrons. The number of benzene rings is 2. The van der Waals surface area contributed by atoms with Gasteiger partial charge in [-0.15, -0.1) is 0 Å². The molecule has 1 unspecified atom stereocenters. The number of fused-ring (bicyclic) bond motifs is 1. The Morgan fingerprint density at radius 3 is 2.76 bits per heavy atom. The van der Waals surface area contributed by atoms with Gasteiger partial charge >= 0.3 is 0 Å². The van der Waals surface area contributed by atoms with Crippen LogP contribution in [0.25, 0.3) is 0 Å². The van der Waals surface area contributed by atoms with Crippen molar-refractivity contribution in [2.24, 2.45) is 0 Å². The summed E-state index contributed by atoms with van der Waals surface area (Å²) in [7, 11) is 0. The second kappa shape index (κ2) is 5.86. The molecular formula is C18H21FN2. The second-order valence-corrected chi connectivity index (χ2v) is 5.65. The molecule has 2 nitrogen and oxygen atoms in total. The number of nitrogen functional groups attached to an aromatic ring is 1. The maximum atomic E-state index is 14.1. The summed E-state index contributed by atoms with van der Waals surface area (Å²) in [5.74, 6) is -0.109. The van der Waals surface area contributed by atoms with E-state index in [9.17, 15) is 4.39 Å². The van der Waals surface area contributed by atoms with Crippen molar-refractivity contribution in [3.05, 3.63) is 65.0 Å². The number of nitrogens with two attached hydrogens (primary N) is 1. The van der Waals surface area contributed by atoms with Crippen molar-refractivity contribution in [1.82, 2.24) is 4.90 Å². The summed E-state index contributed by atoms with van der Waals surface area (Å²) in [5.41, 5.74) is 10.3. The Balaban J connectivity index is 1.89. The number of hydrogen-bond acceptors (Lipinski definition) is 2. The molecule has 0 fully saturated rings. The van der Waals surface area contributed by atoms with Gasteiger partial charge in [-0.25, -0.2) is 4.39 Å². The fourth-order valence-electron chi connectivity index (χ4n) is 3.35. The Kier molecular flexibility index (Phi) is 3.93. The van der Waals surface area contributed by atoms with Crippen LogP contribution in [-0.4, -0.2) is 11.4 Å². The Labute approximate surface area is 125 Å². The van der Waals surface area contributed by atoms with E-state index in [1.165, 1.54) is 11.1 Å². The van der Waals surface area contributed by atoms with E-state index in [0.29, 0.717) is 0 Å². The minimum atomic E-state index is -0.109. The molecule has 0 spiro atoms. The van der Waals surface area contributed by atoms with Gasteiger partial charge in [0.1, 0.15) is 5.82 Å². The SMILES string of the molecule is CCC(c1ccccc1F)N1CCc2c(N)cccc2C1. The number of anilines is 1. The molecule has 1 atom stereocenters. The average molecular weight is 284 g/mol. The van der Waals surface area contributed by atoms with E-state index in [4.69, 9.17) is 5.73 Å². The zero-order chi connectivity index (χ0) is 14.8. The molecule has 1 aliphatic rings. The van der Waals surface area contributed by atoms with Crippen molar-refractivity contribution in [2.75, 3.05) is 12.3 Å². The number of rotatable bonds is 3. The van der Waals surface area contributed by atoms with E-state index >= 15 is 0 Å². The molecular weight excluding hydrogens is 263 g/mol. The normalized spacial score (nSPS) is 16.5. The third kappa shape index (κ3) is 2.66. The van der Waals surface area contributed by atoms with Crippen LogP contribution in [0.15, 0.2) is 42.5 Å². The predicted octanol–water partition coefficient (Wildman–Crippen LogP) is 3.92. The first kappa shape index (κ1) is 14.1. The fraction of sp³-hybridized carbons (Fsp3) is 0.333. The van der Waals surface area contributed by atoms with E-state index in [0.717, 1.165) is 37.2 Å². The van der Waals surface area contributed by atoms with Crippen molar-refractivity contribution in [3.63, 3.8) is 0 Å². The van der Waals surface area contributed by atoms with E-state index in [-0.39, 0.29) is 11.9 Å². The topological polar surface area (TPSA) is 29.3 Å². The van der Waals surface area contributed by atoms with Gasteiger partial charge in [0.15, 0.2) is 0 Å². The standard InChI is InChI=1S/C18H21FN2/c1-2-18(15-7-3-4-8-16(15)19)21-11-10-14-13(12-21)6-5-9-17(14)20/h3-9,18H,2,10-12,20H2,1H3. The lowest BCUT2D eigenvalue weighted by atomic mass is 9.94. The summed E-state index contributed by atoms with van der Waals surface area (Å²) < 4.78 is 14.1. The van der Waals surface area contributed by atoms with E-state index in [1.54, 1.807) is 12.1 Å². The molecule has 2 aromatic rings. The maximum absolute atomic E-state index is 14.1. The van der Waals surface area contributed by atoms with Gasteiger partial charge in [0.05, 0.1) is 0 Å². The van der Waals surface area contributed by atoms with Crippen molar-refractivity contribution in [3.8, 4) is 0 Å². The van der Waals surface area contributed by atoms with Crippen LogP contribution in [-0.2, 0) is 13.0 Å². The van der Waals surface area contributed by atoms with Gasteiger partial charge in [0, 0.05) is 30.4 Å². The second-order valence-electron chi connectivity index (χ2n) is 5.65. The van der Waals surface area contributed by atoms with Gasteiger partial charge in [0.25, 0.3) is 0 Å². The molecule has 3 heteroatoms. The summed E-state index contributed by atoms with van der Waals surface area (Å²) >= 11 is 0. The Morgan fingerprint density at radius 2 is 2.00 bits per heavy atom. The Hall–Kier alpha value is -1.87. The molecule has 0 amide bonds. The molecule has 0 aromatic heterocycles. The number of nitrogens with zero attached hydrogens (tertiary/aromatic N) is 1. The first-order valence-corrected chi connectivity index (χ1v) is 7.55. The summed E-state index contributed by atoms with van der Waals surface area (Å²) in [6, 6.07) is 13.3. The quantitative estimate of drug-likeness (QED) is 0.866. The minimum Gasteiger partial charge on any atom is -0.398 e. The van der Waals surface area contributed by atoms with Gasteiger partial charge < -0.3 is 5.73 Å². The van der Waals surface area contributed by atoms with E-state index < -0.39 is 0 Å². The van der Waals surface area contributed by atoms with Crippen LogP contribution in [0.1, 0.15) is 36.1 Å². The van der Waals surface area contributed by atoms with Crippen molar-refractivity contribution < 1.29 is 4.39 Å². The zero-order valence-electron chi connectivity index (χ0n) is 12.3. The molecule has 0 saturated heterocycles. The molecule has 2 N–H and O–H groups in total. The Morgan fingerprint density at radius 1 is 1.19 bits per heavy atom. The van der Waals surface area contributed by atoms with Gasteiger partial charge in [-0.05, 0) is 36.1 Å². The minimum absolute atomic E-state index is 0.109. The van der Waals surface area contributed by atoms with Gasteiger partial charge in [-0.2, -0.15) is 0 Å². The molecule has 1 aliphatic heterocycles. The largest absolute Gasteiger partial charge is 0.398 e. The number of hydrogen-bond donors (Lipinski definition) is 1. The molecule has 3 rings (SSSR count). The zero-order valence-corrected chi connectivity index (χ0v) is 12.3. The van der Waals surface area contributed by atoms with Crippen molar-refractivity contribution in [1.29, 1.82) is 0 Å². The lowest BCUT2D eigenvalue weighted by Gasteiger charge is -2.36. The van der Waals surface area contributed by atoms with Gasteiger partial charge in [-0.3, -0.25) is 4.90 Å². The monoisotopic (exact) mass is 284 g/mol. The van der Waals surface area contributed by atoms with Crippen LogP contribution in [0.3, 0.4) is 0 Å². The molecule has 110 valence electrons. The highest BCUT2D eigenvalue weighted by Gasteiger charge is 2.25. The molecule has 0 aliphatic carbocycles. The van der Waals surface area contributed by atoms with Crippen LogP contribution >= 0.6 is 0 Å². The smallest absolute Gasteiger partial charge is 0.127 e. The molecule has 0 bridgehead atoms. The van der Waals surface area contributed by atoms with Crippen LogP contribution in [0, 0.1) is 5.82 Å². The van der Waals surface area contributed by atoms with Crippen LogP contribution in [0.4, 0.5) is 10.1 Å². The summed E-state index contributed by atoms with van der Waals surface area (Å²) in [4.78, 5) is 2.36. The van der Waals surface area contributed by atoms with Crippen molar-refractivity contribution in [2.45, 2.75) is 32.4 Å². The van der Waals surface area contributed by atoms with Gasteiger partial charge in [0.2, 0.25) is 0 Å². The molecule has 2 aromatic carbocycles.